The fourth-order valence-corrected chi connectivity index (χ4v) is 2.73. The molecule has 4 nitrogen and oxygen atoms in total. The second-order valence-electron chi connectivity index (χ2n) is 5.15. The molecular weight excluding hydrogens is 218 g/mol. The number of nitrogens with zero attached hydrogens (tertiary/aromatic N) is 1. The Hall–Kier alpha value is -1.06. The van der Waals surface area contributed by atoms with Crippen LogP contribution >= 0.6 is 0 Å². The van der Waals surface area contributed by atoms with E-state index < -0.39 is 12.0 Å². The maximum atomic E-state index is 11.4. The SMILES string of the molecule is CCCN(C=O)C(C(=O)O)C1CCC(C)CC1. The van der Waals surface area contributed by atoms with Gasteiger partial charge < -0.3 is 10.0 Å². The summed E-state index contributed by atoms with van der Waals surface area (Å²) in [5, 5.41) is 9.32. The third-order valence-electron chi connectivity index (χ3n) is 3.73. The van der Waals surface area contributed by atoms with Crippen molar-refractivity contribution in [2.45, 2.75) is 52.0 Å². The predicted octanol–water partition coefficient (Wildman–Crippen LogP) is 2.13. The first kappa shape index (κ1) is 14.0. The van der Waals surface area contributed by atoms with Crippen molar-refractivity contribution in [2.24, 2.45) is 11.8 Å². The van der Waals surface area contributed by atoms with Crippen LogP contribution in [-0.4, -0.2) is 35.0 Å². The Labute approximate surface area is 103 Å². The third-order valence-corrected chi connectivity index (χ3v) is 3.73. The number of carbonyl (C=O) groups excluding carboxylic acids is 1. The van der Waals surface area contributed by atoms with Gasteiger partial charge in [-0.25, -0.2) is 4.79 Å². The van der Waals surface area contributed by atoms with Gasteiger partial charge in [0.2, 0.25) is 6.41 Å². The summed E-state index contributed by atoms with van der Waals surface area (Å²) in [5.74, 6) is -0.0397. The third kappa shape index (κ3) is 3.72. The second kappa shape index (κ2) is 6.62. The lowest BCUT2D eigenvalue weighted by atomic mass is 9.79. The highest BCUT2D eigenvalue weighted by atomic mass is 16.4. The van der Waals surface area contributed by atoms with Crippen molar-refractivity contribution in [1.82, 2.24) is 4.90 Å². The van der Waals surface area contributed by atoms with Crippen molar-refractivity contribution in [3.8, 4) is 0 Å². The van der Waals surface area contributed by atoms with Crippen molar-refractivity contribution in [2.75, 3.05) is 6.54 Å². The summed E-state index contributed by atoms with van der Waals surface area (Å²) in [6.07, 6.45) is 5.49. The van der Waals surface area contributed by atoms with Crippen LogP contribution < -0.4 is 0 Å². The van der Waals surface area contributed by atoms with Gasteiger partial charge in [-0.2, -0.15) is 0 Å². The molecule has 98 valence electrons. The molecule has 0 spiro atoms. The van der Waals surface area contributed by atoms with Crippen molar-refractivity contribution in [3.05, 3.63) is 0 Å². The minimum absolute atomic E-state index is 0.125. The van der Waals surface area contributed by atoms with Crippen LogP contribution in [0.4, 0.5) is 0 Å². The Bertz CT molecular complexity index is 259. The van der Waals surface area contributed by atoms with Gasteiger partial charge in [0, 0.05) is 6.54 Å². The van der Waals surface area contributed by atoms with Crippen LogP contribution in [0.25, 0.3) is 0 Å². The van der Waals surface area contributed by atoms with Gasteiger partial charge in [-0.3, -0.25) is 4.79 Å². The molecule has 0 bridgehead atoms. The fraction of sp³-hybridized carbons (Fsp3) is 0.846. The normalized spacial score (nSPS) is 26.2. The lowest BCUT2D eigenvalue weighted by Crippen LogP contribution is -2.46. The van der Waals surface area contributed by atoms with Crippen molar-refractivity contribution >= 4 is 12.4 Å². The lowest BCUT2D eigenvalue weighted by molar-refractivity contribution is -0.149. The molecule has 1 N–H and O–H groups in total. The molecule has 1 aliphatic rings. The number of carboxylic acid groups (broad SMARTS) is 1. The molecule has 0 aromatic heterocycles. The molecule has 1 saturated carbocycles. The number of carboxylic acids is 1. The van der Waals surface area contributed by atoms with Crippen molar-refractivity contribution in [1.29, 1.82) is 0 Å². The van der Waals surface area contributed by atoms with Crippen molar-refractivity contribution in [3.63, 3.8) is 0 Å². The molecule has 0 aliphatic heterocycles. The van der Waals surface area contributed by atoms with Crippen molar-refractivity contribution < 1.29 is 14.7 Å². The average Bonchev–Trinajstić information content (AvgIpc) is 2.30. The Morgan fingerprint density at radius 2 is 2.00 bits per heavy atom. The maximum absolute atomic E-state index is 11.4. The summed E-state index contributed by atoms with van der Waals surface area (Å²) in [4.78, 5) is 23.8. The first-order valence-corrected chi connectivity index (χ1v) is 6.54. The number of hydrogen-bond acceptors (Lipinski definition) is 2. The maximum Gasteiger partial charge on any atom is 0.326 e. The number of carbonyl (C=O) groups is 2. The molecule has 1 rings (SSSR count). The van der Waals surface area contributed by atoms with E-state index in [1.165, 1.54) is 4.90 Å². The molecule has 4 heteroatoms. The van der Waals surface area contributed by atoms with Gasteiger partial charge in [0.05, 0.1) is 0 Å². The van der Waals surface area contributed by atoms with Gasteiger partial charge >= 0.3 is 5.97 Å². The summed E-state index contributed by atoms with van der Waals surface area (Å²) in [6.45, 7) is 4.69. The van der Waals surface area contributed by atoms with Gasteiger partial charge in [0.15, 0.2) is 0 Å². The molecule has 1 fully saturated rings. The molecule has 0 aromatic rings. The molecule has 0 heterocycles. The Morgan fingerprint density at radius 1 is 1.41 bits per heavy atom. The number of aliphatic carboxylic acids is 1. The second-order valence-corrected chi connectivity index (χ2v) is 5.15. The first-order chi connectivity index (χ1) is 8.10. The topological polar surface area (TPSA) is 57.6 Å². The Kier molecular flexibility index (Phi) is 5.45. The summed E-state index contributed by atoms with van der Waals surface area (Å²) in [6, 6.07) is -0.625. The van der Waals surface area contributed by atoms with E-state index in [0.717, 1.165) is 32.1 Å². The van der Waals surface area contributed by atoms with Crippen LogP contribution in [0.2, 0.25) is 0 Å². The monoisotopic (exact) mass is 241 g/mol. The first-order valence-electron chi connectivity index (χ1n) is 6.54. The molecule has 1 unspecified atom stereocenters. The van der Waals surface area contributed by atoms with E-state index in [0.29, 0.717) is 18.9 Å². The highest BCUT2D eigenvalue weighted by molar-refractivity contribution is 5.76. The van der Waals surface area contributed by atoms with E-state index >= 15 is 0 Å². The van der Waals surface area contributed by atoms with E-state index in [-0.39, 0.29) is 5.92 Å². The summed E-state index contributed by atoms with van der Waals surface area (Å²) in [7, 11) is 0. The summed E-state index contributed by atoms with van der Waals surface area (Å²) >= 11 is 0. The van der Waals surface area contributed by atoms with E-state index in [1.807, 2.05) is 6.92 Å². The molecular formula is C13H23NO3. The van der Waals surface area contributed by atoms with Crippen LogP contribution in [0, 0.1) is 11.8 Å². The number of hydrogen-bond donors (Lipinski definition) is 1. The zero-order chi connectivity index (χ0) is 12.8. The van der Waals surface area contributed by atoms with Crippen LogP contribution in [0.3, 0.4) is 0 Å². The number of amides is 1. The lowest BCUT2D eigenvalue weighted by Gasteiger charge is -2.35. The quantitative estimate of drug-likeness (QED) is 0.725. The molecule has 1 aliphatic carbocycles. The van der Waals surface area contributed by atoms with Crippen LogP contribution in [0.15, 0.2) is 0 Å². The van der Waals surface area contributed by atoms with E-state index in [9.17, 15) is 14.7 Å². The number of rotatable bonds is 6. The molecule has 0 aromatic carbocycles. The fourth-order valence-electron chi connectivity index (χ4n) is 2.73. The van der Waals surface area contributed by atoms with Gasteiger partial charge in [-0.05, 0) is 31.1 Å². The molecule has 17 heavy (non-hydrogen) atoms. The highest BCUT2D eigenvalue weighted by Crippen LogP contribution is 2.32. The van der Waals surface area contributed by atoms with E-state index in [2.05, 4.69) is 6.92 Å². The minimum Gasteiger partial charge on any atom is -0.480 e. The van der Waals surface area contributed by atoms with Crippen LogP contribution in [0.1, 0.15) is 46.0 Å². The van der Waals surface area contributed by atoms with Crippen LogP contribution in [0.5, 0.6) is 0 Å². The van der Waals surface area contributed by atoms with Gasteiger partial charge in [-0.1, -0.05) is 26.7 Å². The summed E-state index contributed by atoms with van der Waals surface area (Å²) < 4.78 is 0. The molecule has 0 radical (unpaired) electrons. The Balaban J connectivity index is 2.70. The Morgan fingerprint density at radius 3 is 2.41 bits per heavy atom. The predicted molar refractivity (Wildman–Crippen MR) is 65.6 cm³/mol. The van der Waals surface area contributed by atoms with E-state index in [4.69, 9.17) is 0 Å². The van der Waals surface area contributed by atoms with Gasteiger partial charge in [-0.15, -0.1) is 0 Å². The molecule has 1 atom stereocenters. The molecule has 1 amide bonds. The average molecular weight is 241 g/mol. The van der Waals surface area contributed by atoms with Gasteiger partial charge in [0.1, 0.15) is 6.04 Å². The highest BCUT2D eigenvalue weighted by Gasteiger charge is 2.34. The zero-order valence-electron chi connectivity index (χ0n) is 10.8. The van der Waals surface area contributed by atoms with Crippen LogP contribution in [-0.2, 0) is 9.59 Å². The van der Waals surface area contributed by atoms with Gasteiger partial charge in [0.25, 0.3) is 0 Å². The largest absolute Gasteiger partial charge is 0.480 e. The minimum atomic E-state index is -0.856. The molecule has 0 saturated heterocycles. The van der Waals surface area contributed by atoms with E-state index in [1.54, 1.807) is 0 Å². The summed E-state index contributed by atoms with van der Waals surface area (Å²) in [5.41, 5.74) is 0. The standard InChI is InChI=1S/C13H23NO3/c1-3-8-14(9-15)12(13(16)17)11-6-4-10(2)5-7-11/h9-12H,3-8H2,1-2H3,(H,16,17). The zero-order valence-corrected chi connectivity index (χ0v) is 10.8. The smallest absolute Gasteiger partial charge is 0.326 e.